The van der Waals surface area contributed by atoms with Gasteiger partial charge in [-0.2, -0.15) is 0 Å². The number of rotatable bonds is 6. The van der Waals surface area contributed by atoms with E-state index >= 15 is 0 Å². The molecule has 0 unspecified atom stereocenters. The summed E-state index contributed by atoms with van der Waals surface area (Å²) in [5, 5.41) is 1.04. The molecule has 0 radical (unpaired) electrons. The van der Waals surface area contributed by atoms with E-state index in [1.165, 1.54) is 11.3 Å². The minimum atomic E-state index is 0.731. The monoisotopic (exact) mass is 277 g/mol. The van der Waals surface area contributed by atoms with Crippen molar-refractivity contribution < 1.29 is 4.79 Å². The van der Waals surface area contributed by atoms with E-state index in [1.54, 1.807) is 0 Å². The molecule has 0 atom stereocenters. The van der Waals surface area contributed by atoms with Crippen molar-refractivity contribution in [2.45, 2.75) is 6.42 Å². The number of hydrogen-bond acceptors (Lipinski definition) is 5. The van der Waals surface area contributed by atoms with Crippen molar-refractivity contribution in [3.63, 3.8) is 0 Å². The molecule has 19 heavy (non-hydrogen) atoms. The lowest BCUT2D eigenvalue weighted by atomic mass is 10.3. The molecule has 2 heterocycles. The lowest BCUT2D eigenvalue weighted by molar-refractivity contribution is 0.112. The number of aromatic nitrogens is 1. The summed E-state index contributed by atoms with van der Waals surface area (Å²) in [5.74, 6) is 0.963. The van der Waals surface area contributed by atoms with E-state index in [1.807, 2.05) is 18.2 Å². The third-order valence-corrected chi connectivity index (χ3v) is 3.96. The summed E-state index contributed by atoms with van der Waals surface area (Å²) in [4.78, 5) is 21.4. The SMILES string of the molecule is CN(C)CCCN(C)c1ccc2cc(C=O)sc2n1. The molecule has 0 aliphatic carbocycles. The summed E-state index contributed by atoms with van der Waals surface area (Å²) >= 11 is 1.44. The third-order valence-electron chi connectivity index (χ3n) is 2.99. The Kier molecular flexibility index (Phi) is 4.50. The fraction of sp³-hybridized carbons (Fsp3) is 0.429. The maximum atomic E-state index is 10.8. The maximum Gasteiger partial charge on any atom is 0.160 e. The first kappa shape index (κ1) is 14.0. The largest absolute Gasteiger partial charge is 0.360 e. The van der Waals surface area contributed by atoms with E-state index in [2.05, 4.69) is 35.9 Å². The first-order chi connectivity index (χ1) is 9.10. The van der Waals surface area contributed by atoms with E-state index in [4.69, 9.17) is 0 Å². The summed E-state index contributed by atoms with van der Waals surface area (Å²) in [6.07, 6.45) is 1.99. The van der Waals surface area contributed by atoms with Crippen molar-refractivity contribution in [1.82, 2.24) is 9.88 Å². The number of carbonyl (C=O) groups excluding carboxylic acids is 1. The lowest BCUT2D eigenvalue weighted by Gasteiger charge is -2.19. The van der Waals surface area contributed by atoms with Crippen LogP contribution < -0.4 is 4.90 Å². The molecule has 0 fully saturated rings. The minimum absolute atomic E-state index is 0.731. The van der Waals surface area contributed by atoms with E-state index < -0.39 is 0 Å². The molecule has 2 aromatic heterocycles. The van der Waals surface area contributed by atoms with E-state index in [9.17, 15) is 4.79 Å². The van der Waals surface area contributed by atoms with Crippen LogP contribution in [0.3, 0.4) is 0 Å². The zero-order chi connectivity index (χ0) is 13.8. The molecular formula is C14H19N3OS. The van der Waals surface area contributed by atoms with Crippen LogP contribution in [0.25, 0.3) is 10.2 Å². The molecule has 0 saturated heterocycles. The Balaban J connectivity index is 2.09. The molecule has 0 amide bonds. The lowest BCUT2D eigenvalue weighted by Crippen LogP contribution is -2.23. The number of thiophene rings is 1. The van der Waals surface area contributed by atoms with Crippen molar-refractivity contribution in [2.75, 3.05) is 39.1 Å². The highest BCUT2D eigenvalue weighted by Gasteiger charge is 2.07. The van der Waals surface area contributed by atoms with Gasteiger partial charge in [0.15, 0.2) is 6.29 Å². The summed E-state index contributed by atoms with van der Waals surface area (Å²) < 4.78 is 0. The van der Waals surface area contributed by atoms with E-state index in [0.29, 0.717) is 0 Å². The number of fused-ring (bicyclic) bond motifs is 1. The molecule has 0 N–H and O–H groups in total. The predicted octanol–water partition coefficient (Wildman–Crippen LogP) is 2.50. The Labute approximate surface area is 117 Å². The Morgan fingerprint density at radius 2 is 2.05 bits per heavy atom. The van der Waals surface area contributed by atoms with E-state index in [-0.39, 0.29) is 0 Å². The first-order valence-electron chi connectivity index (χ1n) is 6.32. The van der Waals surface area contributed by atoms with E-state index in [0.717, 1.165) is 46.7 Å². The summed E-state index contributed by atoms with van der Waals surface area (Å²) in [5.41, 5.74) is 0. The molecule has 0 aliphatic rings. The van der Waals surface area contributed by atoms with Gasteiger partial charge in [-0.25, -0.2) is 4.98 Å². The number of nitrogens with zero attached hydrogens (tertiary/aromatic N) is 3. The Morgan fingerprint density at radius 3 is 2.74 bits per heavy atom. The second kappa shape index (κ2) is 6.12. The normalized spacial score (nSPS) is 11.2. The van der Waals surface area contributed by atoms with Crippen LogP contribution in [-0.4, -0.2) is 50.4 Å². The molecule has 4 nitrogen and oxygen atoms in total. The number of hydrogen-bond donors (Lipinski definition) is 0. The summed E-state index contributed by atoms with van der Waals surface area (Å²) in [7, 11) is 6.21. The second-order valence-corrected chi connectivity index (χ2v) is 5.97. The van der Waals surface area contributed by atoms with Crippen molar-refractivity contribution in [3.05, 3.63) is 23.1 Å². The van der Waals surface area contributed by atoms with Crippen LogP contribution in [0.15, 0.2) is 18.2 Å². The topological polar surface area (TPSA) is 36.4 Å². The number of pyridine rings is 1. The van der Waals surface area contributed by atoms with Gasteiger partial charge in [-0.3, -0.25) is 4.79 Å². The molecular weight excluding hydrogens is 258 g/mol. The molecule has 0 aliphatic heterocycles. The van der Waals surface area contributed by atoms with Crippen molar-refractivity contribution in [3.8, 4) is 0 Å². The fourth-order valence-electron chi connectivity index (χ4n) is 1.94. The van der Waals surface area contributed by atoms with Crippen LogP contribution in [0, 0.1) is 0 Å². The van der Waals surface area contributed by atoms with Crippen LogP contribution in [0.4, 0.5) is 5.82 Å². The number of carbonyl (C=O) groups is 1. The van der Waals surface area contributed by atoms with Gasteiger partial charge >= 0.3 is 0 Å². The Hall–Kier alpha value is -1.46. The zero-order valence-corrected chi connectivity index (χ0v) is 12.4. The minimum Gasteiger partial charge on any atom is -0.360 e. The van der Waals surface area contributed by atoms with Crippen molar-refractivity contribution in [2.24, 2.45) is 0 Å². The van der Waals surface area contributed by atoms with Gasteiger partial charge < -0.3 is 9.80 Å². The smallest absolute Gasteiger partial charge is 0.160 e. The molecule has 5 heteroatoms. The average Bonchev–Trinajstić information content (AvgIpc) is 2.79. The van der Waals surface area contributed by atoms with Crippen LogP contribution in [-0.2, 0) is 0 Å². The van der Waals surface area contributed by atoms with Crippen molar-refractivity contribution in [1.29, 1.82) is 0 Å². The number of anilines is 1. The Bertz CT molecular complexity index is 565. The molecule has 0 saturated carbocycles. The third kappa shape index (κ3) is 3.52. The Morgan fingerprint density at radius 1 is 1.26 bits per heavy atom. The average molecular weight is 277 g/mol. The summed E-state index contributed by atoms with van der Waals surface area (Å²) in [6, 6.07) is 5.93. The van der Waals surface area contributed by atoms with Crippen LogP contribution in [0.1, 0.15) is 16.1 Å². The van der Waals surface area contributed by atoms with Crippen LogP contribution in [0.2, 0.25) is 0 Å². The molecule has 2 aromatic rings. The molecule has 102 valence electrons. The molecule has 0 spiro atoms. The van der Waals surface area contributed by atoms with Crippen LogP contribution in [0.5, 0.6) is 0 Å². The second-order valence-electron chi connectivity index (χ2n) is 4.91. The highest BCUT2D eigenvalue weighted by Crippen LogP contribution is 2.25. The standard InChI is InChI=1S/C14H19N3OS/c1-16(2)7-4-8-17(3)13-6-5-11-9-12(10-18)19-14(11)15-13/h5-6,9-10H,4,7-8H2,1-3H3. The van der Waals surface area contributed by atoms with Gasteiger partial charge in [-0.05, 0) is 45.3 Å². The van der Waals surface area contributed by atoms with Gasteiger partial charge in [-0.15, -0.1) is 11.3 Å². The molecule has 0 aromatic carbocycles. The van der Waals surface area contributed by atoms with Gasteiger partial charge in [0.05, 0.1) is 4.88 Å². The summed E-state index contributed by atoms with van der Waals surface area (Å²) in [6.45, 7) is 2.05. The zero-order valence-electron chi connectivity index (χ0n) is 11.6. The highest BCUT2D eigenvalue weighted by atomic mass is 32.1. The quantitative estimate of drug-likeness (QED) is 0.760. The highest BCUT2D eigenvalue weighted by molar-refractivity contribution is 7.20. The molecule has 2 rings (SSSR count). The number of aldehydes is 1. The van der Waals surface area contributed by atoms with Gasteiger partial charge in [-0.1, -0.05) is 0 Å². The maximum absolute atomic E-state index is 10.8. The predicted molar refractivity (Wildman–Crippen MR) is 81.4 cm³/mol. The van der Waals surface area contributed by atoms with Gasteiger partial charge in [0.2, 0.25) is 0 Å². The van der Waals surface area contributed by atoms with Gasteiger partial charge in [0.25, 0.3) is 0 Å². The van der Waals surface area contributed by atoms with Crippen LogP contribution >= 0.6 is 11.3 Å². The van der Waals surface area contributed by atoms with Crippen molar-refractivity contribution >= 4 is 33.7 Å². The van der Waals surface area contributed by atoms with Gasteiger partial charge in [0, 0.05) is 19.0 Å². The fourth-order valence-corrected chi connectivity index (χ4v) is 2.78. The van der Waals surface area contributed by atoms with Gasteiger partial charge in [0.1, 0.15) is 10.6 Å². The molecule has 0 bridgehead atoms. The first-order valence-corrected chi connectivity index (χ1v) is 7.13.